The van der Waals surface area contributed by atoms with E-state index in [1.807, 2.05) is 18.5 Å². The van der Waals surface area contributed by atoms with Gasteiger partial charge < -0.3 is 23.8 Å². The summed E-state index contributed by atoms with van der Waals surface area (Å²) in [7, 11) is 0. The van der Waals surface area contributed by atoms with E-state index in [1.54, 1.807) is 0 Å². The summed E-state index contributed by atoms with van der Waals surface area (Å²) in [6, 6.07) is 10.7. The van der Waals surface area contributed by atoms with E-state index in [1.165, 1.54) is 5.56 Å². The number of pyridine rings is 1. The average Bonchev–Trinajstić information content (AvgIpc) is 3.61. The number of aromatic amines is 1. The van der Waals surface area contributed by atoms with Gasteiger partial charge in [0.25, 0.3) is 6.01 Å². The first-order chi connectivity index (χ1) is 16.2. The quantitative estimate of drug-likeness (QED) is 0.496. The van der Waals surface area contributed by atoms with Crippen LogP contribution in [0.4, 0.5) is 0 Å². The van der Waals surface area contributed by atoms with Gasteiger partial charge in [-0.15, -0.1) is 0 Å². The van der Waals surface area contributed by atoms with E-state index in [-0.39, 0.29) is 18.3 Å². The van der Waals surface area contributed by atoms with Crippen LogP contribution in [0.25, 0.3) is 22.4 Å². The van der Waals surface area contributed by atoms with E-state index < -0.39 is 0 Å². The molecule has 1 aromatic carbocycles. The zero-order chi connectivity index (χ0) is 21.9. The third kappa shape index (κ3) is 3.32. The SMILES string of the molecule is Clc1cc2[nH]c(OC3COC4CCOC43)nc2nc1-c1ccc(C2Cc3nccn3C2)cc1. The van der Waals surface area contributed by atoms with Gasteiger partial charge in [0.1, 0.15) is 11.9 Å². The van der Waals surface area contributed by atoms with Crippen molar-refractivity contribution in [2.24, 2.45) is 0 Å². The number of imidazole rings is 2. The average molecular weight is 464 g/mol. The molecule has 3 aliphatic heterocycles. The van der Waals surface area contributed by atoms with Crippen molar-refractivity contribution in [1.29, 1.82) is 0 Å². The highest BCUT2D eigenvalue weighted by Crippen LogP contribution is 2.34. The summed E-state index contributed by atoms with van der Waals surface area (Å²) in [6.45, 7) is 2.17. The Morgan fingerprint density at radius 3 is 2.94 bits per heavy atom. The maximum Gasteiger partial charge on any atom is 0.296 e. The van der Waals surface area contributed by atoms with Crippen LogP contribution in [0.15, 0.2) is 42.7 Å². The standard InChI is InChI=1S/C24H22ClN5O3/c25-16-10-17-23(29-24(27-17)33-19-12-32-18-5-8-31-22(18)19)28-21(16)14-3-1-13(2-4-14)15-9-20-26-6-7-30(20)11-15/h1-4,6-7,10,15,18-19,22H,5,8-9,11-12H2,(H,27,28,29). The molecule has 0 spiro atoms. The zero-order valence-corrected chi connectivity index (χ0v) is 18.5. The van der Waals surface area contributed by atoms with Crippen molar-refractivity contribution in [2.75, 3.05) is 13.2 Å². The van der Waals surface area contributed by atoms with Gasteiger partial charge >= 0.3 is 0 Å². The second kappa shape index (κ2) is 7.55. The van der Waals surface area contributed by atoms with Crippen molar-refractivity contribution in [3.63, 3.8) is 0 Å². The van der Waals surface area contributed by atoms with Crippen molar-refractivity contribution < 1.29 is 14.2 Å². The number of halogens is 1. The summed E-state index contributed by atoms with van der Waals surface area (Å²) >= 11 is 6.60. The molecule has 4 atom stereocenters. The normalized spacial score (nSPS) is 26.1. The van der Waals surface area contributed by atoms with Crippen LogP contribution in [0, 0.1) is 0 Å². The van der Waals surface area contributed by atoms with Crippen LogP contribution in [0.3, 0.4) is 0 Å². The molecule has 0 radical (unpaired) electrons. The lowest BCUT2D eigenvalue weighted by atomic mass is 9.96. The first kappa shape index (κ1) is 19.5. The van der Waals surface area contributed by atoms with Crippen LogP contribution in [0.5, 0.6) is 6.01 Å². The Hall–Kier alpha value is -2.94. The number of rotatable bonds is 4. The van der Waals surface area contributed by atoms with Crippen LogP contribution >= 0.6 is 11.6 Å². The van der Waals surface area contributed by atoms with Gasteiger partial charge in [-0.05, 0) is 18.1 Å². The number of benzene rings is 1. The van der Waals surface area contributed by atoms with Crippen molar-refractivity contribution in [3.8, 4) is 17.3 Å². The van der Waals surface area contributed by atoms with Gasteiger partial charge in [0, 0.05) is 43.4 Å². The minimum atomic E-state index is -0.173. The molecule has 9 heteroatoms. The smallest absolute Gasteiger partial charge is 0.296 e. The molecule has 33 heavy (non-hydrogen) atoms. The second-order valence-electron chi connectivity index (χ2n) is 8.90. The van der Waals surface area contributed by atoms with Crippen molar-refractivity contribution in [1.82, 2.24) is 24.5 Å². The van der Waals surface area contributed by atoms with Gasteiger partial charge in [-0.2, -0.15) is 4.98 Å². The predicted octanol–water partition coefficient (Wildman–Crippen LogP) is 3.75. The van der Waals surface area contributed by atoms with Crippen molar-refractivity contribution >= 4 is 22.8 Å². The molecule has 4 aromatic rings. The monoisotopic (exact) mass is 463 g/mol. The second-order valence-corrected chi connectivity index (χ2v) is 9.31. The highest BCUT2D eigenvalue weighted by Gasteiger charge is 2.43. The molecule has 2 fully saturated rings. The minimum absolute atomic E-state index is 0.0387. The zero-order valence-electron chi connectivity index (χ0n) is 17.8. The van der Waals surface area contributed by atoms with Crippen molar-refractivity contribution in [3.05, 3.63) is 59.1 Å². The maximum atomic E-state index is 6.60. The number of nitrogens with one attached hydrogen (secondary N) is 1. The number of hydrogen-bond donors (Lipinski definition) is 1. The summed E-state index contributed by atoms with van der Waals surface area (Å²) in [6.07, 6.45) is 5.69. The van der Waals surface area contributed by atoms with Gasteiger partial charge in [0.15, 0.2) is 11.8 Å². The topological polar surface area (TPSA) is 87.1 Å². The minimum Gasteiger partial charge on any atom is -0.456 e. The van der Waals surface area contributed by atoms with E-state index in [4.69, 9.17) is 30.8 Å². The summed E-state index contributed by atoms with van der Waals surface area (Å²) in [5.74, 6) is 1.60. The number of fused-ring (bicyclic) bond motifs is 3. The van der Waals surface area contributed by atoms with Crippen LogP contribution in [0.1, 0.15) is 23.7 Å². The van der Waals surface area contributed by atoms with E-state index in [0.717, 1.165) is 36.3 Å². The molecule has 6 heterocycles. The molecule has 2 saturated heterocycles. The lowest BCUT2D eigenvalue weighted by Gasteiger charge is -2.15. The molecule has 3 aliphatic rings. The number of hydrogen-bond acceptors (Lipinski definition) is 6. The summed E-state index contributed by atoms with van der Waals surface area (Å²) in [4.78, 5) is 16.9. The summed E-state index contributed by atoms with van der Waals surface area (Å²) in [5.41, 5.74) is 4.26. The molecule has 0 aliphatic carbocycles. The van der Waals surface area contributed by atoms with Crippen LogP contribution in [-0.2, 0) is 22.4 Å². The Bertz CT molecular complexity index is 1310. The van der Waals surface area contributed by atoms with E-state index in [9.17, 15) is 0 Å². The molecule has 8 nitrogen and oxygen atoms in total. The van der Waals surface area contributed by atoms with Gasteiger partial charge in [0.05, 0.1) is 28.9 Å². The maximum absolute atomic E-state index is 6.60. The molecule has 1 N–H and O–H groups in total. The third-order valence-electron chi connectivity index (χ3n) is 6.89. The molecule has 0 amide bonds. The number of ether oxygens (including phenoxy) is 3. The van der Waals surface area contributed by atoms with E-state index in [2.05, 4.69) is 43.8 Å². The van der Waals surface area contributed by atoms with Gasteiger partial charge in [-0.25, -0.2) is 9.97 Å². The highest BCUT2D eigenvalue weighted by molar-refractivity contribution is 6.33. The number of H-pyrrole nitrogens is 1. The Kier molecular flexibility index (Phi) is 4.46. The first-order valence-corrected chi connectivity index (χ1v) is 11.7. The Balaban J connectivity index is 1.13. The predicted molar refractivity (Wildman–Crippen MR) is 122 cm³/mol. The molecule has 168 valence electrons. The first-order valence-electron chi connectivity index (χ1n) is 11.3. The molecular weight excluding hydrogens is 442 g/mol. The van der Waals surface area contributed by atoms with Gasteiger partial charge in [-0.1, -0.05) is 35.9 Å². The summed E-state index contributed by atoms with van der Waals surface area (Å²) in [5, 5.41) is 0.565. The molecular formula is C24H22ClN5O3. The lowest BCUT2D eigenvalue weighted by molar-refractivity contribution is 0.0273. The third-order valence-corrected chi connectivity index (χ3v) is 7.18. The molecule has 4 unspecified atom stereocenters. The van der Waals surface area contributed by atoms with Crippen LogP contribution < -0.4 is 4.74 Å². The van der Waals surface area contributed by atoms with Gasteiger partial charge in [0.2, 0.25) is 0 Å². The lowest BCUT2D eigenvalue weighted by Crippen LogP contribution is -2.32. The van der Waals surface area contributed by atoms with Crippen molar-refractivity contribution in [2.45, 2.75) is 43.6 Å². The van der Waals surface area contributed by atoms with E-state index >= 15 is 0 Å². The number of nitrogens with zero attached hydrogens (tertiary/aromatic N) is 4. The fraction of sp³-hybridized carbons (Fsp3) is 0.375. The number of aromatic nitrogens is 5. The van der Waals surface area contributed by atoms with Gasteiger partial charge in [-0.3, -0.25) is 0 Å². The highest BCUT2D eigenvalue weighted by atomic mass is 35.5. The Labute approximate surface area is 194 Å². The Morgan fingerprint density at radius 1 is 1.15 bits per heavy atom. The van der Waals surface area contributed by atoms with E-state index in [0.29, 0.717) is 41.5 Å². The molecule has 0 saturated carbocycles. The molecule has 0 bridgehead atoms. The fourth-order valence-corrected chi connectivity index (χ4v) is 5.44. The Morgan fingerprint density at radius 2 is 2.06 bits per heavy atom. The largest absolute Gasteiger partial charge is 0.456 e. The summed E-state index contributed by atoms with van der Waals surface area (Å²) < 4.78 is 19.8. The molecule has 3 aromatic heterocycles. The van der Waals surface area contributed by atoms with Crippen LogP contribution in [-0.4, -0.2) is 56.0 Å². The molecule has 7 rings (SSSR count). The van der Waals surface area contributed by atoms with Crippen LogP contribution in [0.2, 0.25) is 5.02 Å². The fourth-order valence-electron chi connectivity index (χ4n) is 5.18.